The number of halogens is 1. The quantitative estimate of drug-likeness (QED) is 0.435. The standard InChI is InChI=1S/C24H19ClN4O4/c1-2-31-24-27-22(15-6-11-20-21(13-15)33-14-32-20)29(28-24)19-9-7-18(8-10-19)26-23(30)16-4-3-5-17(25)12-16/h3-13H,2,14H2,1H3,(H,26,30). The number of rotatable bonds is 6. The van der Waals surface area contributed by atoms with Gasteiger partial charge in [-0.2, -0.15) is 4.98 Å². The predicted octanol–water partition coefficient (Wildman–Crippen LogP) is 4.97. The SMILES string of the molecule is CCOc1nc(-c2ccc3c(c2)OCO3)n(-c2ccc(NC(=O)c3cccc(Cl)c3)cc2)n1. The zero-order valence-electron chi connectivity index (χ0n) is 17.6. The molecule has 8 nitrogen and oxygen atoms in total. The molecule has 1 aliphatic heterocycles. The summed E-state index contributed by atoms with van der Waals surface area (Å²) in [5.74, 6) is 1.69. The van der Waals surface area contributed by atoms with Gasteiger partial charge in [-0.15, -0.1) is 5.10 Å². The van der Waals surface area contributed by atoms with E-state index in [1.54, 1.807) is 41.1 Å². The Hall–Kier alpha value is -4.04. The average molecular weight is 463 g/mol. The molecule has 0 atom stereocenters. The number of benzene rings is 3. The number of carbonyl (C=O) groups is 1. The van der Waals surface area contributed by atoms with Crippen LogP contribution < -0.4 is 19.5 Å². The van der Waals surface area contributed by atoms with Crippen LogP contribution in [0, 0.1) is 0 Å². The molecule has 5 rings (SSSR count). The van der Waals surface area contributed by atoms with Gasteiger partial charge in [0.25, 0.3) is 5.91 Å². The van der Waals surface area contributed by atoms with Gasteiger partial charge in [-0.05, 0) is 67.6 Å². The lowest BCUT2D eigenvalue weighted by Crippen LogP contribution is -2.11. The zero-order chi connectivity index (χ0) is 22.8. The number of ether oxygens (including phenoxy) is 3. The summed E-state index contributed by atoms with van der Waals surface area (Å²) in [6.07, 6.45) is 0. The van der Waals surface area contributed by atoms with E-state index in [0.29, 0.717) is 40.2 Å². The molecule has 1 N–H and O–H groups in total. The molecule has 2 heterocycles. The van der Waals surface area contributed by atoms with Gasteiger partial charge < -0.3 is 19.5 Å². The monoisotopic (exact) mass is 462 g/mol. The number of aromatic nitrogens is 3. The Labute approximate surface area is 194 Å². The van der Waals surface area contributed by atoms with E-state index in [-0.39, 0.29) is 18.7 Å². The Kier molecular flexibility index (Phi) is 5.58. The van der Waals surface area contributed by atoms with Gasteiger partial charge in [0.05, 0.1) is 12.3 Å². The first kappa shape index (κ1) is 20.8. The second kappa shape index (κ2) is 8.84. The molecule has 0 saturated carbocycles. The van der Waals surface area contributed by atoms with Crippen molar-refractivity contribution in [2.45, 2.75) is 6.92 Å². The Balaban J connectivity index is 1.43. The molecule has 1 aromatic heterocycles. The van der Waals surface area contributed by atoms with Crippen LogP contribution in [0.5, 0.6) is 17.5 Å². The minimum atomic E-state index is -0.245. The molecule has 0 saturated heterocycles. The van der Waals surface area contributed by atoms with Gasteiger partial charge >= 0.3 is 6.01 Å². The average Bonchev–Trinajstić information content (AvgIpc) is 3.46. The van der Waals surface area contributed by atoms with E-state index in [4.69, 9.17) is 25.8 Å². The zero-order valence-corrected chi connectivity index (χ0v) is 18.4. The number of anilines is 1. The first-order valence-corrected chi connectivity index (χ1v) is 10.7. The molecule has 4 aromatic rings. The second-order valence-electron chi connectivity index (χ2n) is 7.14. The molecule has 3 aromatic carbocycles. The first-order valence-electron chi connectivity index (χ1n) is 10.3. The van der Waals surface area contributed by atoms with Gasteiger partial charge in [-0.25, -0.2) is 4.68 Å². The third kappa shape index (κ3) is 4.33. The van der Waals surface area contributed by atoms with E-state index >= 15 is 0 Å². The molecule has 0 radical (unpaired) electrons. The minimum Gasteiger partial charge on any atom is -0.463 e. The molecule has 9 heteroatoms. The van der Waals surface area contributed by atoms with Crippen molar-refractivity contribution in [2.24, 2.45) is 0 Å². The summed E-state index contributed by atoms with van der Waals surface area (Å²) in [7, 11) is 0. The van der Waals surface area contributed by atoms with Gasteiger partial charge in [0.15, 0.2) is 17.3 Å². The highest BCUT2D eigenvalue weighted by molar-refractivity contribution is 6.31. The fourth-order valence-corrected chi connectivity index (χ4v) is 3.60. The van der Waals surface area contributed by atoms with Crippen molar-refractivity contribution < 1.29 is 19.0 Å². The van der Waals surface area contributed by atoms with E-state index in [1.165, 1.54) is 0 Å². The lowest BCUT2D eigenvalue weighted by Gasteiger charge is -2.09. The van der Waals surface area contributed by atoms with Crippen LogP contribution in [0.4, 0.5) is 5.69 Å². The van der Waals surface area contributed by atoms with Crippen LogP contribution >= 0.6 is 11.6 Å². The van der Waals surface area contributed by atoms with Crippen molar-refractivity contribution in [3.63, 3.8) is 0 Å². The Morgan fingerprint density at radius 2 is 1.91 bits per heavy atom. The summed E-state index contributed by atoms with van der Waals surface area (Å²) >= 11 is 5.98. The molecule has 0 unspecified atom stereocenters. The molecule has 1 amide bonds. The highest BCUT2D eigenvalue weighted by Crippen LogP contribution is 2.36. The molecule has 33 heavy (non-hydrogen) atoms. The van der Waals surface area contributed by atoms with Crippen molar-refractivity contribution in [2.75, 3.05) is 18.7 Å². The van der Waals surface area contributed by atoms with Crippen LogP contribution in [0.15, 0.2) is 66.7 Å². The topological polar surface area (TPSA) is 87.5 Å². The van der Waals surface area contributed by atoms with Crippen LogP contribution in [0.3, 0.4) is 0 Å². The van der Waals surface area contributed by atoms with Crippen molar-refractivity contribution in [3.8, 4) is 34.6 Å². The highest BCUT2D eigenvalue weighted by Gasteiger charge is 2.19. The summed E-state index contributed by atoms with van der Waals surface area (Å²) in [6, 6.07) is 19.9. The van der Waals surface area contributed by atoms with Gasteiger partial charge in [-0.1, -0.05) is 17.7 Å². The first-order chi connectivity index (χ1) is 16.1. The Morgan fingerprint density at radius 3 is 2.70 bits per heavy atom. The van der Waals surface area contributed by atoms with E-state index in [1.807, 2.05) is 37.3 Å². The predicted molar refractivity (Wildman–Crippen MR) is 123 cm³/mol. The summed E-state index contributed by atoms with van der Waals surface area (Å²) in [5.41, 5.74) is 2.67. The number of nitrogens with zero attached hydrogens (tertiary/aromatic N) is 3. The third-order valence-electron chi connectivity index (χ3n) is 4.95. The molecule has 166 valence electrons. The van der Waals surface area contributed by atoms with Crippen LogP contribution in [0.1, 0.15) is 17.3 Å². The lowest BCUT2D eigenvalue weighted by molar-refractivity contribution is 0.102. The van der Waals surface area contributed by atoms with Crippen LogP contribution in [0.2, 0.25) is 5.02 Å². The second-order valence-corrected chi connectivity index (χ2v) is 7.58. The van der Waals surface area contributed by atoms with Gasteiger partial charge in [0, 0.05) is 21.8 Å². The van der Waals surface area contributed by atoms with Crippen LogP contribution in [0.25, 0.3) is 17.1 Å². The van der Waals surface area contributed by atoms with Crippen molar-refractivity contribution >= 4 is 23.2 Å². The molecule has 0 bridgehead atoms. The Morgan fingerprint density at radius 1 is 1.09 bits per heavy atom. The van der Waals surface area contributed by atoms with E-state index < -0.39 is 0 Å². The normalized spacial score (nSPS) is 11.9. The van der Waals surface area contributed by atoms with Crippen LogP contribution in [-0.4, -0.2) is 34.1 Å². The number of hydrogen-bond acceptors (Lipinski definition) is 6. The van der Waals surface area contributed by atoms with Gasteiger partial charge in [0.1, 0.15) is 0 Å². The highest BCUT2D eigenvalue weighted by atomic mass is 35.5. The molecule has 0 aliphatic carbocycles. The molecular weight excluding hydrogens is 444 g/mol. The van der Waals surface area contributed by atoms with Gasteiger partial charge in [0.2, 0.25) is 6.79 Å². The number of nitrogens with one attached hydrogen (secondary N) is 1. The summed E-state index contributed by atoms with van der Waals surface area (Å²) in [5, 5.41) is 7.87. The summed E-state index contributed by atoms with van der Waals surface area (Å²) in [6.45, 7) is 2.51. The molecular formula is C24H19ClN4O4. The maximum atomic E-state index is 12.5. The smallest absolute Gasteiger partial charge is 0.336 e. The minimum absolute atomic E-state index is 0.193. The maximum absolute atomic E-state index is 12.5. The number of carbonyl (C=O) groups excluding carboxylic acids is 1. The third-order valence-corrected chi connectivity index (χ3v) is 5.18. The van der Waals surface area contributed by atoms with Crippen LogP contribution in [-0.2, 0) is 0 Å². The number of amides is 1. The van der Waals surface area contributed by atoms with E-state index in [9.17, 15) is 4.79 Å². The lowest BCUT2D eigenvalue weighted by atomic mass is 10.2. The Bertz CT molecular complexity index is 1320. The maximum Gasteiger partial charge on any atom is 0.336 e. The molecule has 0 fully saturated rings. The summed E-state index contributed by atoms with van der Waals surface area (Å²) in [4.78, 5) is 17.0. The largest absolute Gasteiger partial charge is 0.463 e. The van der Waals surface area contributed by atoms with Gasteiger partial charge in [-0.3, -0.25) is 4.79 Å². The van der Waals surface area contributed by atoms with Crippen molar-refractivity contribution in [1.29, 1.82) is 0 Å². The van der Waals surface area contributed by atoms with E-state index in [2.05, 4.69) is 15.4 Å². The number of fused-ring (bicyclic) bond motifs is 1. The summed E-state index contributed by atoms with van der Waals surface area (Å²) < 4.78 is 18.1. The molecule has 1 aliphatic rings. The fourth-order valence-electron chi connectivity index (χ4n) is 3.40. The van der Waals surface area contributed by atoms with Crippen molar-refractivity contribution in [3.05, 3.63) is 77.3 Å². The van der Waals surface area contributed by atoms with Crippen molar-refractivity contribution in [1.82, 2.24) is 14.8 Å². The fraction of sp³-hybridized carbons (Fsp3) is 0.125. The number of hydrogen-bond donors (Lipinski definition) is 1. The molecule has 0 spiro atoms. The van der Waals surface area contributed by atoms with E-state index in [0.717, 1.165) is 11.3 Å².